The lowest BCUT2D eigenvalue weighted by Crippen LogP contribution is -2.26. The second-order valence-corrected chi connectivity index (χ2v) is 4.06. The van der Waals surface area contributed by atoms with Gasteiger partial charge in [0.15, 0.2) is 0 Å². The largest absolute Gasteiger partial charge is 0.463 e. The van der Waals surface area contributed by atoms with Gasteiger partial charge in [-0.2, -0.15) is 0 Å². The van der Waals surface area contributed by atoms with E-state index in [-0.39, 0.29) is 0 Å². The van der Waals surface area contributed by atoms with Crippen molar-refractivity contribution in [3.8, 4) is 0 Å². The van der Waals surface area contributed by atoms with E-state index in [0.717, 1.165) is 5.56 Å². The Morgan fingerprint density at radius 1 is 1.30 bits per heavy atom. The number of ether oxygens (including phenoxy) is 2. The van der Waals surface area contributed by atoms with Gasteiger partial charge in [-0.1, -0.05) is 30.3 Å². The molecule has 1 N–H and O–H groups in total. The van der Waals surface area contributed by atoms with Crippen LogP contribution in [0.5, 0.6) is 0 Å². The smallest absolute Gasteiger partial charge is 0.407 e. The summed E-state index contributed by atoms with van der Waals surface area (Å²) in [5.74, 6) is -0.451. The molecule has 1 rings (SSSR count). The maximum Gasteiger partial charge on any atom is 0.407 e. The SMILES string of the molecule is CCOC(=O)C=C[C@@H](C)OC(=O)NCc1ccccc1. The molecule has 0 spiro atoms. The van der Waals surface area contributed by atoms with E-state index in [1.54, 1.807) is 13.8 Å². The first-order valence-electron chi connectivity index (χ1n) is 6.45. The fourth-order valence-corrected chi connectivity index (χ4v) is 1.42. The van der Waals surface area contributed by atoms with E-state index in [1.807, 2.05) is 30.3 Å². The highest BCUT2D eigenvalue weighted by molar-refractivity contribution is 5.82. The summed E-state index contributed by atoms with van der Waals surface area (Å²) >= 11 is 0. The Morgan fingerprint density at radius 2 is 2.00 bits per heavy atom. The average Bonchev–Trinajstić information content (AvgIpc) is 2.44. The molecule has 0 fully saturated rings. The zero-order valence-electron chi connectivity index (χ0n) is 11.7. The van der Waals surface area contributed by atoms with Crippen LogP contribution >= 0.6 is 0 Å². The number of hydrogen-bond acceptors (Lipinski definition) is 4. The minimum atomic E-state index is -0.533. The summed E-state index contributed by atoms with van der Waals surface area (Å²) in [5.41, 5.74) is 0.985. The van der Waals surface area contributed by atoms with Crippen molar-refractivity contribution in [1.29, 1.82) is 0 Å². The van der Waals surface area contributed by atoms with E-state index in [2.05, 4.69) is 5.32 Å². The van der Waals surface area contributed by atoms with E-state index in [1.165, 1.54) is 12.2 Å². The van der Waals surface area contributed by atoms with Gasteiger partial charge in [-0.05, 0) is 25.5 Å². The highest BCUT2D eigenvalue weighted by Gasteiger charge is 2.06. The standard InChI is InChI=1S/C15H19NO4/c1-3-19-14(17)10-9-12(2)20-15(18)16-11-13-7-5-4-6-8-13/h4-10,12H,3,11H2,1-2H3,(H,16,18)/t12-/m1/s1. The normalized spacial score (nSPS) is 11.9. The molecule has 0 bridgehead atoms. The van der Waals surface area contributed by atoms with Gasteiger partial charge in [0.2, 0.25) is 0 Å². The number of amides is 1. The van der Waals surface area contributed by atoms with Crippen LogP contribution in [0.4, 0.5) is 4.79 Å². The summed E-state index contributed by atoms with van der Waals surface area (Å²) in [6, 6.07) is 9.51. The number of benzene rings is 1. The third kappa shape index (κ3) is 6.58. The maximum atomic E-state index is 11.5. The van der Waals surface area contributed by atoms with Crippen LogP contribution in [0.15, 0.2) is 42.5 Å². The van der Waals surface area contributed by atoms with E-state index in [9.17, 15) is 9.59 Å². The van der Waals surface area contributed by atoms with Gasteiger partial charge in [0.1, 0.15) is 6.10 Å². The molecule has 0 saturated heterocycles. The predicted molar refractivity (Wildman–Crippen MR) is 75.0 cm³/mol. The third-order valence-corrected chi connectivity index (χ3v) is 2.36. The van der Waals surface area contributed by atoms with Crippen molar-refractivity contribution in [1.82, 2.24) is 5.32 Å². The van der Waals surface area contributed by atoms with Crippen molar-refractivity contribution in [2.45, 2.75) is 26.5 Å². The van der Waals surface area contributed by atoms with E-state index >= 15 is 0 Å². The molecular formula is C15H19NO4. The van der Waals surface area contributed by atoms with Crippen LogP contribution in [0, 0.1) is 0 Å². The molecule has 0 aliphatic carbocycles. The van der Waals surface area contributed by atoms with Gasteiger partial charge in [-0.15, -0.1) is 0 Å². The highest BCUT2D eigenvalue weighted by Crippen LogP contribution is 1.99. The van der Waals surface area contributed by atoms with Gasteiger partial charge in [0.25, 0.3) is 0 Å². The van der Waals surface area contributed by atoms with Crippen molar-refractivity contribution >= 4 is 12.1 Å². The van der Waals surface area contributed by atoms with Crippen molar-refractivity contribution in [3.05, 3.63) is 48.0 Å². The van der Waals surface area contributed by atoms with Gasteiger partial charge >= 0.3 is 12.1 Å². The van der Waals surface area contributed by atoms with Crippen molar-refractivity contribution in [2.24, 2.45) is 0 Å². The zero-order valence-corrected chi connectivity index (χ0v) is 11.7. The molecule has 20 heavy (non-hydrogen) atoms. The highest BCUT2D eigenvalue weighted by atomic mass is 16.6. The molecule has 1 atom stereocenters. The van der Waals surface area contributed by atoms with Crippen LogP contribution in [-0.4, -0.2) is 24.8 Å². The Labute approximate surface area is 118 Å². The summed E-state index contributed by atoms with van der Waals surface area (Å²) in [7, 11) is 0. The lowest BCUT2D eigenvalue weighted by molar-refractivity contribution is -0.137. The van der Waals surface area contributed by atoms with E-state index < -0.39 is 18.2 Å². The van der Waals surface area contributed by atoms with Gasteiger partial charge in [0.05, 0.1) is 6.61 Å². The van der Waals surface area contributed by atoms with Crippen LogP contribution < -0.4 is 5.32 Å². The molecule has 0 unspecified atom stereocenters. The molecule has 5 nitrogen and oxygen atoms in total. The van der Waals surface area contributed by atoms with Gasteiger partial charge in [0, 0.05) is 12.6 Å². The van der Waals surface area contributed by atoms with Crippen molar-refractivity contribution in [3.63, 3.8) is 0 Å². The molecule has 0 heterocycles. The number of carbonyl (C=O) groups excluding carboxylic acids is 2. The number of hydrogen-bond donors (Lipinski definition) is 1. The summed E-state index contributed by atoms with van der Waals surface area (Å²) < 4.78 is 9.78. The lowest BCUT2D eigenvalue weighted by Gasteiger charge is -2.10. The Balaban J connectivity index is 2.29. The summed E-state index contributed by atoms with van der Waals surface area (Å²) in [6.45, 7) is 4.10. The minimum Gasteiger partial charge on any atom is -0.463 e. The number of nitrogens with one attached hydrogen (secondary N) is 1. The molecule has 108 valence electrons. The zero-order chi connectivity index (χ0) is 14.8. The molecule has 0 aliphatic rings. The minimum absolute atomic E-state index is 0.315. The van der Waals surface area contributed by atoms with Crippen LogP contribution in [-0.2, 0) is 20.8 Å². The van der Waals surface area contributed by atoms with Gasteiger partial charge in [-0.25, -0.2) is 9.59 Å². The Morgan fingerprint density at radius 3 is 2.65 bits per heavy atom. The first-order valence-corrected chi connectivity index (χ1v) is 6.45. The molecule has 1 amide bonds. The molecular weight excluding hydrogens is 258 g/mol. The average molecular weight is 277 g/mol. The molecule has 5 heteroatoms. The van der Waals surface area contributed by atoms with Crippen molar-refractivity contribution in [2.75, 3.05) is 6.61 Å². The van der Waals surface area contributed by atoms with Crippen LogP contribution in [0.2, 0.25) is 0 Å². The number of carbonyl (C=O) groups is 2. The second-order valence-electron chi connectivity index (χ2n) is 4.06. The monoisotopic (exact) mass is 277 g/mol. The first-order chi connectivity index (χ1) is 9.61. The number of esters is 1. The fourth-order valence-electron chi connectivity index (χ4n) is 1.42. The topological polar surface area (TPSA) is 64.6 Å². The fraction of sp³-hybridized carbons (Fsp3) is 0.333. The second kappa shape index (κ2) is 8.74. The molecule has 0 saturated carbocycles. The number of alkyl carbamates (subject to hydrolysis) is 1. The summed E-state index contributed by atoms with van der Waals surface area (Å²) in [6.07, 6.45) is 1.68. The third-order valence-electron chi connectivity index (χ3n) is 2.36. The molecule has 0 aliphatic heterocycles. The van der Waals surface area contributed by atoms with Crippen LogP contribution in [0.25, 0.3) is 0 Å². The van der Waals surface area contributed by atoms with Crippen LogP contribution in [0.3, 0.4) is 0 Å². The first kappa shape index (κ1) is 15.8. The Bertz CT molecular complexity index is 456. The predicted octanol–water partition coefficient (Wildman–Crippen LogP) is 2.42. The quantitative estimate of drug-likeness (QED) is 0.640. The molecule has 1 aromatic carbocycles. The van der Waals surface area contributed by atoms with E-state index in [0.29, 0.717) is 13.2 Å². The van der Waals surface area contributed by atoms with Crippen LogP contribution in [0.1, 0.15) is 19.4 Å². The Hall–Kier alpha value is -2.30. The maximum absolute atomic E-state index is 11.5. The van der Waals surface area contributed by atoms with Gasteiger partial charge < -0.3 is 14.8 Å². The Kier molecular flexibility index (Phi) is 6.89. The summed E-state index contributed by atoms with van der Waals surface area (Å²) in [4.78, 5) is 22.6. The van der Waals surface area contributed by atoms with Crippen molar-refractivity contribution < 1.29 is 19.1 Å². The number of rotatable bonds is 6. The van der Waals surface area contributed by atoms with E-state index in [4.69, 9.17) is 9.47 Å². The molecule has 0 aromatic heterocycles. The molecule has 0 radical (unpaired) electrons. The summed E-state index contributed by atoms with van der Waals surface area (Å²) in [5, 5.41) is 2.63. The van der Waals surface area contributed by atoms with Gasteiger partial charge in [-0.3, -0.25) is 0 Å². The lowest BCUT2D eigenvalue weighted by atomic mass is 10.2. The molecule has 1 aromatic rings.